The summed E-state index contributed by atoms with van der Waals surface area (Å²) in [5, 5.41) is 0. The van der Waals surface area contributed by atoms with Gasteiger partial charge in [-0.3, -0.25) is 4.79 Å². The third-order valence-corrected chi connectivity index (χ3v) is 3.54. The van der Waals surface area contributed by atoms with Gasteiger partial charge in [-0.2, -0.15) is 0 Å². The Bertz CT molecular complexity index is 699. The van der Waals surface area contributed by atoms with E-state index in [1.807, 2.05) is 0 Å². The smallest absolute Gasteiger partial charge is 0.268 e. The summed E-state index contributed by atoms with van der Waals surface area (Å²) in [6, 6.07) is 1.80. The number of hydrogen-bond acceptors (Lipinski definition) is 6. The van der Waals surface area contributed by atoms with Gasteiger partial charge in [-0.25, -0.2) is 4.98 Å². The van der Waals surface area contributed by atoms with Crippen LogP contribution in [0.4, 0.5) is 0 Å². The predicted molar refractivity (Wildman–Crippen MR) is 89.6 cm³/mol. The van der Waals surface area contributed by atoms with Crippen molar-refractivity contribution in [1.82, 2.24) is 9.97 Å². The molecule has 0 aliphatic rings. The normalized spacial score (nSPS) is 11.7. The van der Waals surface area contributed by atoms with E-state index in [0.29, 0.717) is 16.0 Å². The number of aromatic amines is 1. The number of thiophene rings is 1. The van der Waals surface area contributed by atoms with Crippen molar-refractivity contribution in [3.63, 3.8) is 0 Å². The molecular formula is C14H21N5OS. The lowest BCUT2D eigenvalue weighted by Gasteiger charge is -1.94. The van der Waals surface area contributed by atoms with E-state index in [9.17, 15) is 4.79 Å². The van der Waals surface area contributed by atoms with Gasteiger partial charge in [-0.05, 0) is 18.3 Å². The molecule has 0 saturated carbocycles. The Morgan fingerprint density at radius 1 is 1.43 bits per heavy atom. The average Bonchev–Trinajstić information content (AvgIpc) is 2.89. The number of fused-ring (bicyclic) bond motifs is 1. The minimum absolute atomic E-state index is 0.190. The second-order valence-corrected chi connectivity index (χ2v) is 5.28. The zero-order valence-electron chi connectivity index (χ0n) is 12.2. The number of nitrogens with one attached hydrogen (secondary N) is 1. The largest absolute Gasteiger partial charge is 0.405 e. The Balaban J connectivity index is 0.000000677. The van der Waals surface area contributed by atoms with Crippen LogP contribution in [0.15, 0.2) is 29.3 Å². The fourth-order valence-corrected chi connectivity index (χ4v) is 2.55. The monoisotopic (exact) mass is 307 g/mol. The van der Waals surface area contributed by atoms with E-state index in [4.69, 9.17) is 17.2 Å². The second-order valence-electron chi connectivity index (χ2n) is 4.23. The molecule has 2 aromatic rings. The molecule has 0 aliphatic heterocycles. The van der Waals surface area contributed by atoms with E-state index in [0.717, 1.165) is 10.5 Å². The molecule has 7 heteroatoms. The number of rotatable bonds is 3. The molecule has 0 aliphatic carbocycles. The SMILES string of the molecule is CCC.N/C=C\C(=C/N)c1cc2nc(CN)[nH]c(=O)c2s1. The van der Waals surface area contributed by atoms with Gasteiger partial charge < -0.3 is 22.2 Å². The highest BCUT2D eigenvalue weighted by atomic mass is 32.1. The molecule has 6 nitrogen and oxygen atoms in total. The summed E-state index contributed by atoms with van der Waals surface area (Å²) in [5.74, 6) is 0.462. The number of aromatic nitrogens is 2. The molecular weight excluding hydrogens is 286 g/mol. The molecule has 0 atom stereocenters. The number of nitrogens with zero attached hydrogens (tertiary/aromatic N) is 1. The van der Waals surface area contributed by atoms with Crippen molar-refractivity contribution in [2.24, 2.45) is 17.2 Å². The van der Waals surface area contributed by atoms with E-state index in [1.165, 1.54) is 30.2 Å². The summed E-state index contributed by atoms with van der Waals surface area (Å²) in [7, 11) is 0. The van der Waals surface area contributed by atoms with Crippen LogP contribution in [0.2, 0.25) is 0 Å². The van der Waals surface area contributed by atoms with Gasteiger partial charge >= 0.3 is 0 Å². The summed E-state index contributed by atoms with van der Waals surface area (Å²) < 4.78 is 0.548. The molecule has 21 heavy (non-hydrogen) atoms. The first-order valence-corrected chi connectivity index (χ1v) is 7.46. The zero-order chi connectivity index (χ0) is 15.8. The van der Waals surface area contributed by atoms with Gasteiger partial charge in [-0.1, -0.05) is 20.3 Å². The van der Waals surface area contributed by atoms with Gasteiger partial charge in [0.1, 0.15) is 10.5 Å². The number of allylic oxidation sites excluding steroid dienone is 2. The van der Waals surface area contributed by atoms with Gasteiger partial charge in [0.15, 0.2) is 0 Å². The van der Waals surface area contributed by atoms with Gasteiger partial charge in [-0.15, -0.1) is 11.3 Å². The molecule has 0 unspecified atom stereocenters. The molecule has 0 saturated heterocycles. The van der Waals surface area contributed by atoms with Crippen molar-refractivity contribution in [1.29, 1.82) is 0 Å². The van der Waals surface area contributed by atoms with Crippen LogP contribution in [0, 0.1) is 0 Å². The summed E-state index contributed by atoms with van der Waals surface area (Å²) in [5.41, 5.74) is 17.5. The number of H-pyrrole nitrogens is 1. The Morgan fingerprint density at radius 3 is 2.62 bits per heavy atom. The standard InChI is InChI=1S/C11H13N5OS.C3H8/c12-2-1-6(4-13)8-3-7-10(18-8)11(17)16-9(5-14)15-7;1-3-2/h1-4H,5,12-14H2,(H,15,16,17);3H2,1-2H3/b2-1-,6-4+;. The van der Waals surface area contributed by atoms with Crippen molar-refractivity contribution >= 4 is 27.1 Å². The lowest BCUT2D eigenvalue weighted by Crippen LogP contribution is -2.12. The van der Waals surface area contributed by atoms with Crippen molar-refractivity contribution < 1.29 is 0 Å². The maximum Gasteiger partial charge on any atom is 0.268 e. The molecule has 0 amide bonds. The summed E-state index contributed by atoms with van der Waals surface area (Å²) in [6.45, 7) is 4.44. The van der Waals surface area contributed by atoms with Crippen LogP contribution in [0.3, 0.4) is 0 Å². The first-order valence-electron chi connectivity index (χ1n) is 6.64. The van der Waals surface area contributed by atoms with Crippen molar-refractivity contribution in [3.8, 4) is 0 Å². The lowest BCUT2D eigenvalue weighted by atomic mass is 10.2. The highest BCUT2D eigenvalue weighted by Crippen LogP contribution is 2.27. The van der Waals surface area contributed by atoms with E-state index < -0.39 is 0 Å². The molecule has 2 heterocycles. The summed E-state index contributed by atoms with van der Waals surface area (Å²) in [4.78, 5) is 19.5. The fourth-order valence-electron chi connectivity index (χ4n) is 1.55. The van der Waals surface area contributed by atoms with Crippen LogP contribution < -0.4 is 22.8 Å². The first-order chi connectivity index (χ1) is 10.1. The molecule has 0 spiro atoms. The summed E-state index contributed by atoms with van der Waals surface area (Å²) >= 11 is 1.31. The van der Waals surface area contributed by atoms with Gasteiger partial charge in [0.2, 0.25) is 0 Å². The Labute approximate surface area is 127 Å². The molecule has 114 valence electrons. The number of hydrogen-bond donors (Lipinski definition) is 4. The third kappa shape index (κ3) is 4.17. The van der Waals surface area contributed by atoms with E-state index in [2.05, 4.69) is 23.8 Å². The van der Waals surface area contributed by atoms with E-state index in [-0.39, 0.29) is 12.1 Å². The Morgan fingerprint density at radius 2 is 2.10 bits per heavy atom. The Hall–Kier alpha value is -2.12. The maximum atomic E-state index is 11.8. The predicted octanol–water partition coefficient (Wildman–Crippen LogP) is 1.63. The van der Waals surface area contributed by atoms with Gasteiger partial charge in [0.25, 0.3) is 5.56 Å². The second kappa shape index (κ2) is 8.23. The zero-order valence-corrected chi connectivity index (χ0v) is 13.0. The van der Waals surface area contributed by atoms with Crippen LogP contribution in [0.25, 0.3) is 15.8 Å². The Kier molecular flexibility index (Phi) is 6.64. The fraction of sp³-hybridized carbons (Fsp3) is 0.286. The lowest BCUT2D eigenvalue weighted by molar-refractivity contribution is 0.915. The maximum absolute atomic E-state index is 11.8. The van der Waals surface area contributed by atoms with Crippen LogP contribution in [-0.4, -0.2) is 9.97 Å². The highest BCUT2D eigenvalue weighted by Gasteiger charge is 2.10. The quantitative estimate of drug-likeness (QED) is 0.642. The highest BCUT2D eigenvalue weighted by molar-refractivity contribution is 7.20. The van der Waals surface area contributed by atoms with Gasteiger partial charge in [0.05, 0.1) is 12.1 Å². The van der Waals surface area contributed by atoms with Crippen LogP contribution in [0.5, 0.6) is 0 Å². The van der Waals surface area contributed by atoms with Crippen LogP contribution in [-0.2, 0) is 6.54 Å². The molecule has 7 N–H and O–H groups in total. The topological polar surface area (TPSA) is 124 Å². The summed E-state index contributed by atoms with van der Waals surface area (Å²) in [6.07, 6.45) is 5.75. The average molecular weight is 307 g/mol. The third-order valence-electron chi connectivity index (χ3n) is 2.37. The molecule has 0 aromatic carbocycles. The number of nitrogens with two attached hydrogens (primary N) is 3. The molecule has 0 fully saturated rings. The van der Waals surface area contributed by atoms with Crippen LogP contribution >= 0.6 is 11.3 Å². The van der Waals surface area contributed by atoms with Crippen molar-refractivity contribution in [2.45, 2.75) is 26.8 Å². The minimum atomic E-state index is -0.190. The van der Waals surface area contributed by atoms with Crippen molar-refractivity contribution in [2.75, 3.05) is 0 Å². The molecule has 2 rings (SSSR count). The molecule has 0 radical (unpaired) electrons. The van der Waals surface area contributed by atoms with Gasteiger partial charge in [0, 0.05) is 16.7 Å². The molecule has 0 bridgehead atoms. The molecule has 2 aromatic heterocycles. The first kappa shape index (κ1) is 16.9. The van der Waals surface area contributed by atoms with E-state index in [1.54, 1.807) is 12.1 Å². The van der Waals surface area contributed by atoms with Crippen molar-refractivity contribution in [3.05, 3.63) is 45.6 Å². The van der Waals surface area contributed by atoms with E-state index >= 15 is 0 Å². The van der Waals surface area contributed by atoms with Crippen LogP contribution in [0.1, 0.15) is 31.0 Å². The minimum Gasteiger partial charge on any atom is -0.405 e.